The summed E-state index contributed by atoms with van der Waals surface area (Å²) in [7, 11) is 4.21. The number of rotatable bonds is 3. The van der Waals surface area contributed by atoms with Crippen molar-refractivity contribution in [3.63, 3.8) is 0 Å². The van der Waals surface area contributed by atoms with E-state index in [1.54, 1.807) is 6.08 Å². The van der Waals surface area contributed by atoms with Crippen molar-refractivity contribution in [3.8, 4) is 17.2 Å². The standard InChI is InChI=1S/C26H31N3O4/c1-27-9-7-18(8-10-27)23-20(30)16-21(31)24-25(32)22(33-26(23)24)15-17-3-5-19(6-4-17)29-13-11-28(2)12-14-29/h3-6,15-16,18,30-31H,7-14H2,1-2H3/b22-15-. The molecule has 0 spiro atoms. The van der Waals surface area contributed by atoms with Gasteiger partial charge in [0.05, 0.1) is 0 Å². The van der Waals surface area contributed by atoms with Crippen molar-refractivity contribution in [1.29, 1.82) is 0 Å². The van der Waals surface area contributed by atoms with E-state index in [-0.39, 0.29) is 34.5 Å². The molecule has 0 atom stereocenters. The van der Waals surface area contributed by atoms with Gasteiger partial charge in [0.25, 0.3) is 0 Å². The van der Waals surface area contributed by atoms with E-state index in [0.29, 0.717) is 11.3 Å². The number of ether oxygens (including phenoxy) is 1. The molecule has 0 radical (unpaired) electrons. The third-order valence-electron chi connectivity index (χ3n) is 7.13. The van der Waals surface area contributed by atoms with Gasteiger partial charge < -0.3 is 29.6 Å². The number of likely N-dealkylation sites (tertiary alicyclic amines) is 1. The highest BCUT2D eigenvalue weighted by atomic mass is 16.5. The Bertz CT molecular complexity index is 1080. The summed E-state index contributed by atoms with van der Waals surface area (Å²) in [6.45, 7) is 5.91. The fourth-order valence-electron chi connectivity index (χ4n) is 5.04. The van der Waals surface area contributed by atoms with Crippen LogP contribution in [0.4, 0.5) is 5.69 Å². The van der Waals surface area contributed by atoms with Crippen LogP contribution in [0.25, 0.3) is 6.08 Å². The molecular formula is C26H31N3O4. The number of aromatic hydroxyl groups is 2. The molecular weight excluding hydrogens is 418 g/mol. The Labute approximate surface area is 194 Å². The zero-order valence-corrected chi connectivity index (χ0v) is 19.3. The average molecular weight is 450 g/mol. The fourth-order valence-corrected chi connectivity index (χ4v) is 5.04. The molecule has 0 aromatic heterocycles. The van der Waals surface area contributed by atoms with Gasteiger partial charge in [-0.1, -0.05) is 12.1 Å². The Kier molecular flexibility index (Phi) is 5.76. The van der Waals surface area contributed by atoms with Crippen LogP contribution >= 0.6 is 0 Å². The van der Waals surface area contributed by atoms with Crippen molar-refractivity contribution in [1.82, 2.24) is 9.80 Å². The monoisotopic (exact) mass is 449 g/mol. The van der Waals surface area contributed by atoms with Gasteiger partial charge in [-0.25, -0.2) is 0 Å². The van der Waals surface area contributed by atoms with Crippen molar-refractivity contribution in [2.75, 3.05) is 58.3 Å². The molecule has 0 amide bonds. The summed E-state index contributed by atoms with van der Waals surface area (Å²) in [5.74, 6) is -0.0189. The SMILES string of the molecule is CN1CCC(c2c(O)cc(O)c3c2O/C(=C\c2ccc(N4CCN(C)CC4)cc2)C3=O)CC1. The first kappa shape index (κ1) is 21.8. The van der Waals surface area contributed by atoms with Gasteiger partial charge in [-0.05, 0) is 69.7 Å². The van der Waals surface area contributed by atoms with Gasteiger partial charge in [-0.3, -0.25) is 4.79 Å². The second-order valence-electron chi connectivity index (χ2n) is 9.43. The number of ketones is 1. The number of Topliss-reactive ketones (excluding diaryl/α,β-unsaturated/α-hetero) is 1. The molecule has 2 N–H and O–H groups in total. The van der Waals surface area contributed by atoms with Crippen LogP contribution in [0.2, 0.25) is 0 Å². The molecule has 33 heavy (non-hydrogen) atoms. The van der Waals surface area contributed by atoms with Crippen LogP contribution in [0.1, 0.15) is 40.2 Å². The molecule has 3 heterocycles. The van der Waals surface area contributed by atoms with Crippen molar-refractivity contribution in [2.24, 2.45) is 0 Å². The quantitative estimate of drug-likeness (QED) is 0.697. The number of nitrogens with zero attached hydrogens (tertiary/aromatic N) is 3. The molecule has 0 saturated carbocycles. The summed E-state index contributed by atoms with van der Waals surface area (Å²) in [5.41, 5.74) is 2.81. The second kappa shape index (κ2) is 8.72. The number of piperidine rings is 1. The molecule has 3 aliphatic rings. The minimum absolute atomic E-state index is 0.00798. The topological polar surface area (TPSA) is 76.5 Å². The Morgan fingerprint density at radius 2 is 1.55 bits per heavy atom. The molecule has 2 aromatic rings. The molecule has 2 fully saturated rings. The number of fused-ring (bicyclic) bond motifs is 1. The lowest BCUT2D eigenvalue weighted by molar-refractivity contribution is 0.101. The maximum Gasteiger partial charge on any atom is 0.235 e. The third kappa shape index (κ3) is 4.18. The van der Waals surface area contributed by atoms with E-state index in [2.05, 4.69) is 40.9 Å². The molecule has 0 bridgehead atoms. The lowest BCUT2D eigenvalue weighted by Gasteiger charge is -2.34. The van der Waals surface area contributed by atoms with E-state index in [9.17, 15) is 15.0 Å². The molecule has 2 saturated heterocycles. The van der Waals surface area contributed by atoms with Crippen LogP contribution < -0.4 is 9.64 Å². The van der Waals surface area contributed by atoms with Crippen LogP contribution in [-0.2, 0) is 0 Å². The molecule has 2 aromatic carbocycles. The van der Waals surface area contributed by atoms with Gasteiger partial charge in [0.15, 0.2) is 5.76 Å². The van der Waals surface area contributed by atoms with Crippen LogP contribution in [0.15, 0.2) is 36.1 Å². The van der Waals surface area contributed by atoms with Crippen LogP contribution in [0, 0.1) is 0 Å². The number of hydrogen-bond acceptors (Lipinski definition) is 7. The highest BCUT2D eigenvalue weighted by Gasteiger charge is 2.37. The Morgan fingerprint density at radius 3 is 2.21 bits per heavy atom. The van der Waals surface area contributed by atoms with Gasteiger partial charge in [-0.15, -0.1) is 0 Å². The minimum atomic E-state index is -0.347. The van der Waals surface area contributed by atoms with E-state index in [1.165, 1.54) is 11.8 Å². The maximum atomic E-state index is 13.1. The number of benzene rings is 2. The number of allylic oxidation sites excluding steroid dienone is 1. The normalized spacial score (nSPS) is 21.5. The molecule has 174 valence electrons. The Morgan fingerprint density at radius 1 is 0.909 bits per heavy atom. The average Bonchev–Trinajstić information content (AvgIpc) is 3.12. The largest absolute Gasteiger partial charge is 0.507 e. The van der Waals surface area contributed by atoms with Crippen molar-refractivity contribution >= 4 is 17.5 Å². The van der Waals surface area contributed by atoms with Crippen LogP contribution in [-0.4, -0.2) is 79.2 Å². The number of phenols is 2. The fraction of sp³-hybridized carbons (Fsp3) is 0.423. The lowest BCUT2D eigenvalue weighted by atomic mass is 9.86. The number of phenolic OH excluding ortho intramolecular Hbond substituents is 2. The number of carbonyl (C=O) groups is 1. The van der Waals surface area contributed by atoms with Crippen LogP contribution in [0.3, 0.4) is 0 Å². The van der Waals surface area contributed by atoms with Gasteiger partial charge >= 0.3 is 0 Å². The molecule has 3 aliphatic heterocycles. The van der Waals surface area contributed by atoms with Crippen LogP contribution in [0.5, 0.6) is 17.2 Å². The molecule has 0 unspecified atom stereocenters. The first-order valence-electron chi connectivity index (χ1n) is 11.7. The maximum absolute atomic E-state index is 13.1. The van der Waals surface area contributed by atoms with Gasteiger partial charge in [0, 0.05) is 43.5 Å². The van der Waals surface area contributed by atoms with Gasteiger partial charge in [-0.2, -0.15) is 0 Å². The van der Waals surface area contributed by atoms with Crippen molar-refractivity contribution < 1.29 is 19.7 Å². The summed E-state index contributed by atoms with van der Waals surface area (Å²) in [5, 5.41) is 21.0. The Balaban J connectivity index is 1.40. The zero-order valence-electron chi connectivity index (χ0n) is 19.3. The minimum Gasteiger partial charge on any atom is -0.507 e. The van der Waals surface area contributed by atoms with Gasteiger partial charge in [0.2, 0.25) is 5.78 Å². The molecule has 7 heteroatoms. The van der Waals surface area contributed by atoms with E-state index >= 15 is 0 Å². The molecule has 7 nitrogen and oxygen atoms in total. The summed E-state index contributed by atoms with van der Waals surface area (Å²) in [6, 6.07) is 9.38. The zero-order chi connectivity index (χ0) is 23.1. The van der Waals surface area contributed by atoms with Crippen molar-refractivity contribution in [3.05, 3.63) is 52.8 Å². The third-order valence-corrected chi connectivity index (χ3v) is 7.13. The van der Waals surface area contributed by atoms with E-state index in [1.807, 2.05) is 12.1 Å². The summed E-state index contributed by atoms with van der Waals surface area (Å²) in [6.07, 6.45) is 3.45. The number of anilines is 1. The second-order valence-corrected chi connectivity index (χ2v) is 9.43. The number of hydrogen-bond donors (Lipinski definition) is 2. The van der Waals surface area contributed by atoms with E-state index in [0.717, 1.165) is 57.7 Å². The molecule has 5 rings (SSSR count). The van der Waals surface area contributed by atoms with Crippen molar-refractivity contribution in [2.45, 2.75) is 18.8 Å². The number of piperazine rings is 1. The number of likely N-dealkylation sites (N-methyl/N-ethyl adjacent to an activating group) is 1. The lowest BCUT2D eigenvalue weighted by Crippen LogP contribution is -2.44. The Hall–Kier alpha value is -3.03. The highest BCUT2D eigenvalue weighted by molar-refractivity contribution is 6.16. The predicted octanol–water partition coefficient (Wildman–Crippen LogP) is 3.28. The first-order valence-corrected chi connectivity index (χ1v) is 11.7. The summed E-state index contributed by atoms with van der Waals surface area (Å²) >= 11 is 0. The summed E-state index contributed by atoms with van der Waals surface area (Å²) in [4.78, 5) is 20.0. The highest BCUT2D eigenvalue weighted by Crippen LogP contribution is 2.49. The smallest absolute Gasteiger partial charge is 0.235 e. The van der Waals surface area contributed by atoms with Gasteiger partial charge in [0.1, 0.15) is 22.8 Å². The molecule has 0 aliphatic carbocycles. The van der Waals surface area contributed by atoms with E-state index < -0.39 is 0 Å². The summed E-state index contributed by atoms with van der Waals surface area (Å²) < 4.78 is 6.02. The predicted molar refractivity (Wildman–Crippen MR) is 128 cm³/mol. The first-order chi connectivity index (χ1) is 15.9. The van der Waals surface area contributed by atoms with E-state index in [4.69, 9.17) is 4.74 Å². The number of carbonyl (C=O) groups excluding carboxylic acids is 1.